The molecule has 2 aromatic rings. The largest absolute Gasteiger partial charge is 0.478 e. The van der Waals surface area contributed by atoms with Gasteiger partial charge in [0.15, 0.2) is 5.60 Å². The van der Waals surface area contributed by atoms with Gasteiger partial charge in [-0.1, -0.05) is 11.6 Å². The van der Waals surface area contributed by atoms with Gasteiger partial charge in [0.2, 0.25) is 0 Å². The van der Waals surface area contributed by atoms with E-state index < -0.39 is 5.60 Å². The van der Waals surface area contributed by atoms with E-state index >= 15 is 0 Å². The van der Waals surface area contributed by atoms with Crippen LogP contribution in [0.5, 0.6) is 5.75 Å². The molecule has 2 aromatic carbocycles. The Morgan fingerprint density at radius 2 is 2.00 bits per heavy atom. The van der Waals surface area contributed by atoms with Crippen molar-refractivity contribution in [3.63, 3.8) is 0 Å². The van der Waals surface area contributed by atoms with E-state index in [0.29, 0.717) is 10.8 Å². The van der Waals surface area contributed by atoms with Gasteiger partial charge in [0.25, 0.3) is 5.91 Å². The molecular formula is C19H19ClFNO2S. The number of hydrogen-bond acceptors (Lipinski definition) is 3. The lowest BCUT2D eigenvalue weighted by Gasteiger charge is -2.31. The van der Waals surface area contributed by atoms with Gasteiger partial charge in [0.05, 0.1) is 6.04 Å². The highest BCUT2D eigenvalue weighted by atomic mass is 35.5. The average Bonchev–Trinajstić information content (AvgIpc) is 2.57. The van der Waals surface area contributed by atoms with E-state index in [1.54, 1.807) is 55.9 Å². The van der Waals surface area contributed by atoms with Gasteiger partial charge < -0.3 is 10.1 Å². The van der Waals surface area contributed by atoms with Crippen LogP contribution in [0.1, 0.15) is 31.9 Å². The molecule has 25 heavy (non-hydrogen) atoms. The first-order valence-corrected chi connectivity index (χ1v) is 9.39. The molecule has 1 aliphatic heterocycles. The number of thioether (sulfide) groups is 1. The molecule has 1 atom stereocenters. The molecule has 0 aliphatic carbocycles. The Balaban J connectivity index is 1.73. The van der Waals surface area contributed by atoms with Gasteiger partial charge in [-0.15, -0.1) is 11.8 Å². The molecule has 0 saturated heterocycles. The quantitative estimate of drug-likeness (QED) is 0.813. The number of halogens is 2. The van der Waals surface area contributed by atoms with Crippen molar-refractivity contribution in [2.75, 3.05) is 5.75 Å². The lowest BCUT2D eigenvalue weighted by Crippen LogP contribution is -2.48. The molecule has 1 N–H and O–H groups in total. The Bertz CT molecular complexity index is 779. The fourth-order valence-electron chi connectivity index (χ4n) is 2.69. The van der Waals surface area contributed by atoms with E-state index in [1.165, 1.54) is 12.1 Å². The number of carbonyl (C=O) groups is 1. The minimum absolute atomic E-state index is 0.215. The summed E-state index contributed by atoms with van der Waals surface area (Å²) in [7, 11) is 0. The number of amides is 1. The topological polar surface area (TPSA) is 38.3 Å². The third kappa shape index (κ3) is 4.28. The maximum atomic E-state index is 13.6. The molecular weight excluding hydrogens is 361 g/mol. The van der Waals surface area contributed by atoms with Gasteiger partial charge in [0, 0.05) is 15.7 Å². The third-order valence-corrected chi connectivity index (χ3v) is 5.42. The highest BCUT2D eigenvalue weighted by Gasteiger charge is 2.33. The molecule has 0 radical (unpaired) electrons. The predicted molar refractivity (Wildman–Crippen MR) is 98.8 cm³/mol. The maximum absolute atomic E-state index is 13.6. The van der Waals surface area contributed by atoms with Crippen molar-refractivity contribution in [2.45, 2.75) is 36.8 Å². The molecule has 1 aliphatic rings. The van der Waals surface area contributed by atoms with Crippen LogP contribution in [0.3, 0.4) is 0 Å². The van der Waals surface area contributed by atoms with Crippen molar-refractivity contribution in [2.24, 2.45) is 0 Å². The minimum atomic E-state index is -1.06. The van der Waals surface area contributed by atoms with Gasteiger partial charge in [-0.3, -0.25) is 4.79 Å². The van der Waals surface area contributed by atoms with Gasteiger partial charge in [-0.2, -0.15) is 0 Å². The Morgan fingerprint density at radius 3 is 2.72 bits per heavy atom. The number of ether oxygens (including phenoxy) is 1. The summed E-state index contributed by atoms with van der Waals surface area (Å²) < 4.78 is 19.4. The van der Waals surface area contributed by atoms with Gasteiger partial charge >= 0.3 is 0 Å². The SMILES string of the molecule is CC(C)(Oc1ccc(Cl)cc1)C(=O)NC1CCSc2ccc(F)cc21. The number of hydrogen-bond donors (Lipinski definition) is 1. The summed E-state index contributed by atoms with van der Waals surface area (Å²) in [5.74, 6) is 0.907. The van der Waals surface area contributed by atoms with E-state index in [-0.39, 0.29) is 17.8 Å². The van der Waals surface area contributed by atoms with E-state index in [0.717, 1.165) is 22.6 Å². The second kappa shape index (κ2) is 7.26. The van der Waals surface area contributed by atoms with Crippen LogP contribution in [-0.4, -0.2) is 17.3 Å². The number of fused-ring (bicyclic) bond motifs is 1. The molecule has 1 unspecified atom stereocenters. The zero-order valence-electron chi connectivity index (χ0n) is 14.0. The molecule has 0 aromatic heterocycles. The molecule has 6 heteroatoms. The smallest absolute Gasteiger partial charge is 0.264 e. The zero-order valence-corrected chi connectivity index (χ0v) is 15.6. The summed E-state index contributed by atoms with van der Waals surface area (Å²) >= 11 is 7.55. The van der Waals surface area contributed by atoms with Crippen molar-refractivity contribution < 1.29 is 13.9 Å². The molecule has 1 heterocycles. The zero-order chi connectivity index (χ0) is 18.0. The van der Waals surface area contributed by atoms with Crippen molar-refractivity contribution >= 4 is 29.3 Å². The number of rotatable bonds is 4. The van der Waals surface area contributed by atoms with E-state index in [2.05, 4.69) is 5.32 Å². The molecule has 0 saturated carbocycles. The number of benzene rings is 2. The Morgan fingerprint density at radius 1 is 1.28 bits per heavy atom. The van der Waals surface area contributed by atoms with Crippen molar-refractivity contribution in [1.82, 2.24) is 5.32 Å². The van der Waals surface area contributed by atoms with Gasteiger partial charge in [0.1, 0.15) is 11.6 Å². The summed E-state index contributed by atoms with van der Waals surface area (Å²) in [5.41, 5.74) is -0.238. The van der Waals surface area contributed by atoms with E-state index in [4.69, 9.17) is 16.3 Å². The van der Waals surface area contributed by atoms with Crippen LogP contribution in [0.4, 0.5) is 4.39 Å². The van der Waals surface area contributed by atoms with Crippen LogP contribution in [0.25, 0.3) is 0 Å². The maximum Gasteiger partial charge on any atom is 0.264 e. The van der Waals surface area contributed by atoms with Crippen LogP contribution < -0.4 is 10.1 Å². The van der Waals surface area contributed by atoms with Crippen LogP contribution in [-0.2, 0) is 4.79 Å². The Hall–Kier alpha value is -1.72. The van der Waals surface area contributed by atoms with Crippen LogP contribution in [0, 0.1) is 5.82 Å². The highest BCUT2D eigenvalue weighted by Crippen LogP contribution is 2.36. The van der Waals surface area contributed by atoms with Gasteiger partial charge in [-0.05, 0) is 68.3 Å². The van der Waals surface area contributed by atoms with Crippen LogP contribution >= 0.6 is 23.4 Å². The molecule has 3 rings (SSSR count). The van der Waals surface area contributed by atoms with Crippen molar-refractivity contribution in [3.05, 3.63) is 58.9 Å². The number of carbonyl (C=O) groups excluding carboxylic acids is 1. The number of nitrogens with one attached hydrogen (secondary N) is 1. The first kappa shape index (κ1) is 18.1. The summed E-state index contributed by atoms with van der Waals surface area (Å²) in [6.07, 6.45) is 0.754. The normalized spacial score (nSPS) is 16.9. The second-order valence-corrected chi connectivity index (χ2v) is 7.98. The molecule has 0 fully saturated rings. The summed E-state index contributed by atoms with van der Waals surface area (Å²) in [6.45, 7) is 3.42. The summed E-state index contributed by atoms with van der Waals surface area (Å²) in [5, 5.41) is 3.61. The molecule has 0 bridgehead atoms. The predicted octanol–water partition coefficient (Wildman–Crippen LogP) is 4.99. The molecule has 0 spiro atoms. The fourth-order valence-corrected chi connectivity index (χ4v) is 3.92. The Kier molecular flexibility index (Phi) is 5.25. The monoisotopic (exact) mass is 379 g/mol. The summed E-state index contributed by atoms with van der Waals surface area (Å²) in [6, 6.07) is 11.4. The van der Waals surface area contributed by atoms with Gasteiger partial charge in [-0.25, -0.2) is 4.39 Å². The Labute approximate surface area is 155 Å². The lowest BCUT2D eigenvalue weighted by molar-refractivity contribution is -0.135. The third-order valence-electron chi connectivity index (χ3n) is 4.05. The van der Waals surface area contributed by atoms with E-state index in [9.17, 15) is 9.18 Å². The fraction of sp³-hybridized carbons (Fsp3) is 0.316. The van der Waals surface area contributed by atoms with Crippen molar-refractivity contribution in [3.8, 4) is 5.75 Å². The minimum Gasteiger partial charge on any atom is -0.478 e. The van der Waals surface area contributed by atoms with Crippen molar-refractivity contribution in [1.29, 1.82) is 0 Å². The van der Waals surface area contributed by atoms with E-state index in [1.807, 2.05) is 0 Å². The molecule has 3 nitrogen and oxygen atoms in total. The average molecular weight is 380 g/mol. The molecule has 132 valence electrons. The van der Waals surface area contributed by atoms with Crippen LogP contribution in [0.15, 0.2) is 47.4 Å². The lowest BCUT2D eigenvalue weighted by atomic mass is 10.0. The van der Waals surface area contributed by atoms with Crippen LogP contribution in [0.2, 0.25) is 5.02 Å². The molecule has 1 amide bonds. The second-order valence-electron chi connectivity index (χ2n) is 6.41. The standard InChI is InChI=1S/C19H19ClFNO2S/c1-19(2,24-14-6-3-12(20)4-7-14)18(23)22-16-9-10-25-17-8-5-13(21)11-15(16)17/h3-8,11,16H,9-10H2,1-2H3,(H,22,23). The first-order chi connectivity index (χ1) is 11.8. The highest BCUT2D eigenvalue weighted by molar-refractivity contribution is 7.99. The summed E-state index contributed by atoms with van der Waals surface area (Å²) in [4.78, 5) is 13.7. The first-order valence-electron chi connectivity index (χ1n) is 8.03.